The predicted molar refractivity (Wildman–Crippen MR) is 65.5 cm³/mol. The van der Waals surface area contributed by atoms with Crippen molar-refractivity contribution in [2.75, 3.05) is 18.4 Å². The van der Waals surface area contributed by atoms with Gasteiger partial charge in [0.15, 0.2) is 0 Å². The Bertz CT molecular complexity index is 381. The quantitative estimate of drug-likeness (QED) is 0.720. The fourth-order valence-corrected chi connectivity index (χ4v) is 1.97. The predicted octanol–water partition coefficient (Wildman–Crippen LogP) is 1.13. The monoisotopic (exact) mass is 237 g/mol. The van der Waals surface area contributed by atoms with Gasteiger partial charge in [-0.1, -0.05) is 6.92 Å². The van der Waals surface area contributed by atoms with Crippen LogP contribution in [0.4, 0.5) is 10.6 Å². The van der Waals surface area contributed by atoms with Gasteiger partial charge in [-0.3, -0.25) is 10.4 Å². The van der Waals surface area contributed by atoms with Crippen molar-refractivity contribution in [1.82, 2.24) is 15.1 Å². The van der Waals surface area contributed by atoms with Crippen molar-refractivity contribution >= 4 is 11.8 Å². The lowest BCUT2D eigenvalue weighted by Gasteiger charge is -2.30. The summed E-state index contributed by atoms with van der Waals surface area (Å²) in [5.41, 5.74) is 6.37. The van der Waals surface area contributed by atoms with E-state index in [1.54, 1.807) is 6.20 Å². The lowest BCUT2D eigenvalue weighted by Crippen LogP contribution is -2.40. The highest BCUT2D eigenvalue weighted by atomic mass is 16.2. The Balaban J connectivity index is 1.93. The SMILES string of the molecule is CC1CCN(C(=O)Nc2[nH]ncc2CN)CC1. The van der Waals surface area contributed by atoms with Gasteiger partial charge in [0, 0.05) is 25.2 Å². The summed E-state index contributed by atoms with van der Waals surface area (Å²) in [7, 11) is 0. The minimum Gasteiger partial charge on any atom is -0.326 e. The van der Waals surface area contributed by atoms with E-state index in [0.717, 1.165) is 31.5 Å². The maximum atomic E-state index is 12.0. The molecule has 6 nitrogen and oxygen atoms in total. The van der Waals surface area contributed by atoms with E-state index in [1.165, 1.54) is 0 Å². The van der Waals surface area contributed by atoms with Crippen molar-refractivity contribution < 1.29 is 4.79 Å². The van der Waals surface area contributed by atoms with E-state index < -0.39 is 0 Å². The molecule has 0 aliphatic carbocycles. The number of nitrogens with zero attached hydrogens (tertiary/aromatic N) is 2. The third kappa shape index (κ3) is 2.76. The Morgan fingerprint density at radius 1 is 1.65 bits per heavy atom. The molecule has 1 aromatic rings. The van der Waals surface area contributed by atoms with Gasteiger partial charge < -0.3 is 10.6 Å². The summed E-state index contributed by atoms with van der Waals surface area (Å²) in [6, 6.07) is -0.0733. The van der Waals surface area contributed by atoms with Gasteiger partial charge in [0.25, 0.3) is 0 Å². The molecule has 1 aromatic heterocycles. The molecule has 0 spiro atoms. The number of carbonyl (C=O) groups is 1. The van der Waals surface area contributed by atoms with Gasteiger partial charge in [-0.05, 0) is 18.8 Å². The summed E-state index contributed by atoms with van der Waals surface area (Å²) in [5, 5.41) is 9.43. The smallest absolute Gasteiger partial charge is 0.323 e. The molecule has 1 aliphatic heterocycles. The van der Waals surface area contributed by atoms with Gasteiger partial charge in [-0.15, -0.1) is 0 Å². The molecular weight excluding hydrogens is 218 g/mol. The second-order valence-corrected chi connectivity index (χ2v) is 4.57. The number of hydrogen-bond acceptors (Lipinski definition) is 3. The number of likely N-dealkylation sites (tertiary alicyclic amines) is 1. The van der Waals surface area contributed by atoms with Crippen LogP contribution in [-0.4, -0.2) is 34.2 Å². The van der Waals surface area contributed by atoms with Crippen LogP contribution >= 0.6 is 0 Å². The van der Waals surface area contributed by atoms with E-state index in [9.17, 15) is 4.79 Å². The van der Waals surface area contributed by atoms with Crippen LogP contribution in [0.2, 0.25) is 0 Å². The number of rotatable bonds is 2. The molecule has 6 heteroatoms. The van der Waals surface area contributed by atoms with Crippen LogP contribution in [0.15, 0.2) is 6.20 Å². The normalized spacial score (nSPS) is 17.2. The molecule has 0 saturated carbocycles. The molecule has 4 N–H and O–H groups in total. The third-order valence-corrected chi connectivity index (χ3v) is 3.24. The molecule has 2 heterocycles. The van der Waals surface area contributed by atoms with Gasteiger partial charge in [-0.2, -0.15) is 5.10 Å². The molecule has 0 bridgehead atoms. The molecule has 1 aliphatic rings. The molecule has 0 aromatic carbocycles. The first-order chi connectivity index (χ1) is 8.20. The average molecular weight is 237 g/mol. The molecule has 0 unspecified atom stereocenters. The Labute approximate surface area is 101 Å². The van der Waals surface area contributed by atoms with E-state index in [4.69, 9.17) is 5.73 Å². The van der Waals surface area contributed by atoms with Crippen LogP contribution in [0.3, 0.4) is 0 Å². The fraction of sp³-hybridized carbons (Fsp3) is 0.636. The van der Waals surface area contributed by atoms with Crippen molar-refractivity contribution in [3.8, 4) is 0 Å². The molecule has 1 saturated heterocycles. The molecule has 2 rings (SSSR count). The van der Waals surface area contributed by atoms with Crippen LogP contribution in [-0.2, 0) is 6.54 Å². The number of urea groups is 1. The Morgan fingerprint density at radius 3 is 3.00 bits per heavy atom. The standard InChI is InChI=1S/C11H19N5O/c1-8-2-4-16(5-3-8)11(17)14-10-9(6-12)7-13-15-10/h7-8H,2-6,12H2,1H3,(H2,13,14,15,17). The summed E-state index contributed by atoms with van der Waals surface area (Å²) < 4.78 is 0. The average Bonchev–Trinajstić information content (AvgIpc) is 2.77. The van der Waals surface area contributed by atoms with Gasteiger partial charge in [0.2, 0.25) is 0 Å². The van der Waals surface area contributed by atoms with E-state index in [2.05, 4.69) is 22.4 Å². The second-order valence-electron chi connectivity index (χ2n) is 4.57. The summed E-state index contributed by atoms with van der Waals surface area (Å²) in [5.74, 6) is 1.32. The van der Waals surface area contributed by atoms with Crippen LogP contribution in [0, 0.1) is 5.92 Å². The number of nitrogens with one attached hydrogen (secondary N) is 2. The molecule has 94 valence electrons. The van der Waals surface area contributed by atoms with E-state index in [-0.39, 0.29) is 6.03 Å². The van der Waals surface area contributed by atoms with Gasteiger partial charge >= 0.3 is 6.03 Å². The van der Waals surface area contributed by atoms with Gasteiger partial charge in [0.1, 0.15) is 5.82 Å². The number of aromatic amines is 1. The fourth-order valence-electron chi connectivity index (χ4n) is 1.97. The molecule has 17 heavy (non-hydrogen) atoms. The topological polar surface area (TPSA) is 87.0 Å². The second kappa shape index (κ2) is 5.18. The zero-order chi connectivity index (χ0) is 12.3. The Morgan fingerprint density at radius 2 is 2.35 bits per heavy atom. The minimum atomic E-state index is -0.0733. The van der Waals surface area contributed by atoms with E-state index >= 15 is 0 Å². The van der Waals surface area contributed by atoms with Crippen LogP contribution < -0.4 is 11.1 Å². The van der Waals surface area contributed by atoms with Crippen molar-refractivity contribution in [2.24, 2.45) is 11.7 Å². The summed E-state index contributed by atoms with van der Waals surface area (Å²) in [6.45, 7) is 4.22. The summed E-state index contributed by atoms with van der Waals surface area (Å²) in [6.07, 6.45) is 3.77. The molecular formula is C11H19N5O. The van der Waals surface area contributed by atoms with E-state index in [1.807, 2.05) is 4.90 Å². The van der Waals surface area contributed by atoms with Gasteiger partial charge in [-0.25, -0.2) is 4.79 Å². The molecule has 0 radical (unpaired) electrons. The maximum absolute atomic E-state index is 12.0. The first-order valence-electron chi connectivity index (χ1n) is 5.99. The highest BCUT2D eigenvalue weighted by molar-refractivity contribution is 5.89. The number of H-pyrrole nitrogens is 1. The number of amides is 2. The highest BCUT2D eigenvalue weighted by Gasteiger charge is 2.21. The number of aromatic nitrogens is 2. The summed E-state index contributed by atoms with van der Waals surface area (Å²) in [4.78, 5) is 13.8. The van der Waals surface area contributed by atoms with Crippen molar-refractivity contribution in [1.29, 1.82) is 0 Å². The van der Waals surface area contributed by atoms with Gasteiger partial charge in [0.05, 0.1) is 6.20 Å². The van der Waals surface area contributed by atoms with Crippen LogP contribution in [0.25, 0.3) is 0 Å². The Kier molecular flexibility index (Phi) is 3.63. The lowest BCUT2D eigenvalue weighted by atomic mass is 10.00. The third-order valence-electron chi connectivity index (χ3n) is 3.24. The van der Waals surface area contributed by atoms with Crippen LogP contribution in [0.5, 0.6) is 0 Å². The number of nitrogens with two attached hydrogens (primary N) is 1. The van der Waals surface area contributed by atoms with Crippen molar-refractivity contribution in [3.05, 3.63) is 11.8 Å². The maximum Gasteiger partial charge on any atom is 0.323 e. The van der Waals surface area contributed by atoms with E-state index in [0.29, 0.717) is 18.3 Å². The molecule has 2 amide bonds. The first-order valence-corrected chi connectivity index (χ1v) is 5.99. The summed E-state index contributed by atoms with van der Waals surface area (Å²) >= 11 is 0. The van der Waals surface area contributed by atoms with Crippen LogP contribution in [0.1, 0.15) is 25.3 Å². The number of piperidine rings is 1. The molecule has 1 fully saturated rings. The zero-order valence-electron chi connectivity index (χ0n) is 10.1. The molecule has 0 atom stereocenters. The highest BCUT2D eigenvalue weighted by Crippen LogP contribution is 2.17. The number of anilines is 1. The minimum absolute atomic E-state index is 0.0733. The van der Waals surface area contributed by atoms with Crippen molar-refractivity contribution in [2.45, 2.75) is 26.3 Å². The lowest BCUT2D eigenvalue weighted by molar-refractivity contribution is 0.186. The Hall–Kier alpha value is -1.56. The zero-order valence-corrected chi connectivity index (χ0v) is 10.1. The number of hydrogen-bond donors (Lipinski definition) is 3. The first kappa shape index (κ1) is 11.9. The van der Waals surface area contributed by atoms with Crippen molar-refractivity contribution in [3.63, 3.8) is 0 Å². The number of carbonyl (C=O) groups excluding carboxylic acids is 1. The largest absolute Gasteiger partial charge is 0.326 e.